The number of carbonyl (C=O) groups excluding carboxylic acids is 2. The van der Waals surface area contributed by atoms with Crippen LogP contribution in [0.2, 0.25) is 0 Å². The number of hydrogen-bond donors (Lipinski definition) is 1. The quantitative estimate of drug-likeness (QED) is 0.676. The molecule has 7 nitrogen and oxygen atoms in total. The first kappa shape index (κ1) is 17.9. The fourth-order valence-corrected chi connectivity index (χ4v) is 2.86. The zero-order valence-corrected chi connectivity index (χ0v) is 14.0. The van der Waals surface area contributed by atoms with Crippen LogP contribution in [0.4, 0.5) is 5.69 Å². The lowest BCUT2D eigenvalue weighted by Gasteiger charge is -2.24. The number of benzene rings is 1. The Morgan fingerprint density at radius 2 is 2.08 bits per heavy atom. The summed E-state index contributed by atoms with van der Waals surface area (Å²) in [7, 11) is 0. The van der Waals surface area contributed by atoms with Gasteiger partial charge in [0, 0.05) is 30.8 Å². The number of carbonyl (C=O) groups is 2. The van der Waals surface area contributed by atoms with E-state index in [1.165, 1.54) is 24.3 Å². The summed E-state index contributed by atoms with van der Waals surface area (Å²) in [4.78, 5) is 36.8. The first-order chi connectivity index (χ1) is 11.4. The topological polar surface area (TPSA) is 92.6 Å². The molecule has 2 rings (SSSR count). The van der Waals surface area contributed by atoms with Gasteiger partial charge in [0.05, 0.1) is 4.92 Å². The molecule has 0 aromatic heterocycles. The Balaban J connectivity index is 1.99. The molecule has 2 amide bonds. The molecular formula is C17H23N3O4. The number of nitrogens with one attached hydrogen (secondary N) is 1. The van der Waals surface area contributed by atoms with Crippen molar-refractivity contribution in [1.82, 2.24) is 10.2 Å². The minimum absolute atomic E-state index is 0.108. The van der Waals surface area contributed by atoms with Gasteiger partial charge in [-0.25, -0.2) is 0 Å². The average molecular weight is 333 g/mol. The van der Waals surface area contributed by atoms with Crippen molar-refractivity contribution in [2.45, 2.75) is 39.2 Å². The molecule has 1 fully saturated rings. The highest BCUT2D eigenvalue weighted by Gasteiger charge is 2.24. The molecule has 0 unspecified atom stereocenters. The summed E-state index contributed by atoms with van der Waals surface area (Å²) in [6.45, 7) is 5.24. The van der Waals surface area contributed by atoms with E-state index in [-0.39, 0.29) is 17.2 Å². The lowest BCUT2D eigenvalue weighted by Crippen LogP contribution is -2.47. The number of nitrogens with zero attached hydrogens (tertiary/aromatic N) is 2. The van der Waals surface area contributed by atoms with E-state index in [1.807, 2.05) is 0 Å². The van der Waals surface area contributed by atoms with Gasteiger partial charge in [-0.3, -0.25) is 19.7 Å². The maximum absolute atomic E-state index is 12.5. The van der Waals surface area contributed by atoms with Crippen LogP contribution >= 0.6 is 0 Å². The largest absolute Gasteiger partial charge is 0.341 e. The van der Waals surface area contributed by atoms with E-state index in [4.69, 9.17) is 0 Å². The van der Waals surface area contributed by atoms with Crippen molar-refractivity contribution in [2.75, 3.05) is 13.1 Å². The summed E-state index contributed by atoms with van der Waals surface area (Å²) in [6, 6.07) is 4.82. The summed E-state index contributed by atoms with van der Waals surface area (Å²) >= 11 is 0. The molecule has 1 aromatic rings. The molecule has 1 aromatic carbocycles. The number of amides is 2. The Morgan fingerprint density at radius 1 is 1.33 bits per heavy atom. The van der Waals surface area contributed by atoms with Crippen LogP contribution in [0, 0.1) is 16.0 Å². The number of rotatable bonds is 4. The zero-order chi connectivity index (χ0) is 17.7. The maximum atomic E-state index is 12.5. The van der Waals surface area contributed by atoms with Crippen molar-refractivity contribution in [3.05, 3.63) is 39.9 Å². The molecule has 1 aliphatic rings. The Bertz CT molecular complexity index is 632. The van der Waals surface area contributed by atoms with Crippen molar-refractivity contribution < 1.29 is 14.5 Å². The molecule has 0 radical (unpaired) electrons. The van der Waals surface area contributed by atoms with Gasteiger partial charge < -0.3 is 10.2 Å². The zero-order valence-electron chi connectivity index (χ0n) is 14.0. The van der Waals surface area contributed by atoms with Gasteiger partial charge in [-0.15, -0.1) is 0 Å². The number of likely N-dealkylation sites (tertiary alicyclic amines) is 1. The van der Waals surface area contributed by atoms with Gasteiger partial charge in [0.25, 0.3) is 11.6 Å². The third kappa shape index (κ3) is 4.53. The van der Waals surface area contributed by atoms with E-state index in [1.54, 1.807) is 11.8 Å². The van der Waals surface area contributed by atoms with Gasteiger partial charge in [-0.1, -0.05) is 13.0 Å². The molecule has 1 aliphatic heterocycles. The standard InChI is InChI=1S/C17H23N3O4/c1-12-5-4-9-19(10-8-12)17(22)13(2)18-16(21)14-6-3-7-15(11-14)20(23)24/h3,6-7,11-13H,4-5,8-10H2,1-2H3,(H,18,21)/t12-,13+/m0/s1. The average Bonchev–Trinajstić information content (AvgIpc) is 2.78. The number of nitro groups is 1. The first-order valence-electron chi connectivity index (χ1n) is 8.22. The van der Waals surface area contributed by atoms with E-state index < -0.39 is 16.9 Å². The van der Waals surface area contributed by atoms with Crippen LogP contribution in [0.1, 0.15) is 43.5 Å². The number of nitro benzene ring substituents is 1. The molecule has 0 spiro atoms. The summed E-state index contributed by atoms with van der Waals surface area (Å²) < 4.78 is 0. The second-order valence-electron chi connectivity index (χ2n) is 6.36. The van der Waals surface area contributed by atoms with Gasteiger partial charge in [0.1, 0.15) is 6.04 Å². The van der Waals surface area contributed by atoms with E-state index in [0.717, 1.165) is 19.3 Å². The molecule has 1 saturated heterocycles. The van der Waals surface area contributed by atoms with Crippen LogP contribution in [0.3, 0.4) is 0 Å². The lowest BCUT2D eigenvalue weighted by molar-refractivity contribution is -0.384. The number of hydrogen-bond acceptors (Lipinski definition) is 4. The van der Waals surface area contributed by atoms with Crippen LogP contribution in [0.25, 0.3) is 0 Å². The Hall–Kier alpha value is -2.44. The highest BCUT2D eigenvalue weighted by Crippen LogP contribution is 2.17. The van der Waals surface area contributed by atoms with E-state index >= 15 is 0 Å². The third-order valence-corrected chi connectivity index (χ3v) is 4.37. The van der Waals surface area contributed by atoms with Crippen LogP contribution < -0.4 is 5.32 Å². The van der Waals surface area contributed by atoms with E-state index in [9.17, 15) is 19.7 Å². The van der Waals surface area contributed by atoms with E-state index in [0.29, 0.717) is 19.0 Å². The fraction of sp³-hybridized carbons (Fsp3) is 0.529. The molecule has 130 valence electrons. The van der Waals surface area contributed by atoms with Crippen molar-refractivity contribution in [1.29, 1.82) is 0 Å². The van der Waals surface area contributed by atoms with Crippen LogP contribution in [0.5, 0.6) is 0 Å². The van der Waals surface area contributed by atoms with Gasteiger partial charge in [0.15, 0.2) is 0 Å². The van der Waals surface area contributed by atoms with Crippen molar-refractivity contribution in [3.8, 4) is 0 Å². The molecule has 1 heterocycles. The molecular weight excluding hydrogens is 310 g/mol. The lowest BCUT2D eigenvalue weighted by atomic mass is 10.0. The highest BCUT2D eigenvalue weighted by molar-refractivity contribution is 5.97. The van der Waals surface area contributed by atoms with E-state index in [2.05, 4.69) is 12.2 Å². The SMILES string of the molecule is C[C@H]1CCCN(C(=O)[C@@H](C)NC(=O)c2cccc([N+](=O)[O-])c2)CC1. The molecule has 0 aliphatic carbocycles. The minimum Gasteiger partial charge on any atom is -0.341 e. The van der Waals surface area contributed by atoms with Gasteiger partial charge in [-0.2, -0.15) is 0 Å². The van der Waals surface area contributed by atoms with Gasteiger partial charge in [-0.05, 0) is 38.2 Å². The summed E-state index contributed by atoms with van der Waals surface area (Å²) in [5.41, 5.74) is 0.0245. The van der Waals surface area contributed by atoms with Gasteiger partial charge in [0.2, 0.25) is 5.91 Å². The minimum atomic E-state index is -0.662. The van der Waals surface area contributed by atoms with Crippen LogP contribution in [-0.4, -0.2) is 40.8 Å². The molecule has 24 heavy (non-hydrogen) atoms. The Morgan fingerprint density at radius 3 is 2.79 bits per heavy atom. The third-order valence-electron chi connectivity index (χ3n) is 4.37. The van der Waals surface area contributed by atoms with Crippen molar-refractivity contribution in [2.24, 2.45) is 5.92 Å². The Labute approximate surface area is 141 Å². The molecule has 0 bridgehead atoms. The molecule has 7 heteroatoms. The predicted molar refractivity (Wildman–Crippen MR) is 89.6 cm³/mol. The molecule has 2 atom stereocenters. The predicted octanol–water partition coefficient (Wildman–Crippen LogP) is 2.36. The van der Waals surface area contributed by atoms with Crippen LogP contribution in [0.15, 0.2) is 24.3 Å². The Kier molecular flexibility index (Phi) is 5.89. The second kappa shape index (κ2) is 7.90. The van der Waals surface area contributed by atoms with Gasteiger partial charge >= 0.3 is 0 Å². The summed E-state index contributed by atoms with van der Waals surface area (Å²) in [5, 5.41) is 13.4. The monoisotopic (exact) mass is 333 g/mol. The molecule has 0 saturated carbocycles. The summed E-state index contributed by atoms with van der Waals surface area (Å²) in [5.74, 6) is 0.0168. The maximum Gasteiger partial charge on any atom is 0.270 e. The normalized spacial score (nSPS) is 19.2. The smallest absolute Gasteiger partial charge is 0.270 e. The summed E-state index contributed by atoms with van der Waals surface area (Å²) in [6.07, 6.45) is 3.05. The van der Waals surface area contributed by atoms with Crippen LogP contribution in [-0.2, 0) is 4.79 Å². The highest BCUT2D eigenvalue weighted by atomic mass is 16.6. The van der Waals surface area contributed by atoms with Crippen molar-refractivity contribution in [3.63, 3.8) is 0 Å². The fourth-order valence-electron chi connectivity index (χ4n) is 2.86. The molecule has 1 N–H and O–H groups in total. The number of non-ortho nitro benzene ring substituents is 1. The van der Waals surface area contributed by atoms with Crippen molar-refractivity contribution >= 4 is 17.5 Å². The second-order valence-corrected chi connectivity index (χ2v) is 6.36. The first-order valence-corrected chi connectivity index (χ1v) is 8.22.